The van der Waals surface area contributed by atoms with Crippen molar-refractivity contribution in [2.45, 2.75) is 137 Å². The quantitative estimate of drug-likeness (QED) is 0.0499. The molecule has 1 saturated heterocycles. The van der Waals surface area contributed by atoms with E-state index in [0.29, 0.717) is 123 Å². The molecule has 10 nitrogen and oxygen atoms in total. The predicted molar refractivity (Wildman–Crippen MR) is 228 cm³/mol. The van der Waals surface area contributed by atoms with Crippen molar-refractivity contribution >= 4 is 0 Å². The maximum atomic E-state index is 6.38. The molecule has 0 amide bonds. The molecule has 4 aliphatic carbocycles. The summed E-state index contributed by atoms with van der Waals surface area (Å²) in [5, 5.41) is 0. The van der Waals surface area contributed by atoms with E-state index >= 15 is 0 Å². The molecule has 9 atom stereocenters. The van der Waals surface area contributed by atoms with Crippen molar-refractivity contribution in [1.29, 1.82) is 0 Å². The van der Waals surface area contributed by atoms with Gasteiger partial charge in [0.2, 0.25) is 0 Å². The Hall–Kier alpha value is -0.660. The van der Waals surface area contributed by atoms with Gasteiger partial charge >= 0.3 is 0 Å². The fourth-order valence-electron chi connectivity index (χ4n) is 11.6. The van der Waals surface area contributed by atoms with Gasteiger partial charge in [-0.3, -0.25) is 0 Å². The van der Waals surface area contributed by atoms with Gasteiger partial charge in [0.25, 0.3) is 0 Å². The Balaban J connectivity index is 0.785. The topological polar surface area (TPSA) is 92.3 Å². The van der Waals surface area contributed by atoms with Crippen LogP contribution in [0.25, 0.3) is 0 Å². The zero-order valence-electron chi connectivity index (χ0n) is 37.7. The van der Waals surface area contributed by atoms with Gasteiger partial charge < -0.3 is 47.4 Å². The van der Waals surface area contributed by atoms with Gasteiger partial charge in [0.1, 0.15) is 0 Å². The molecule has 3 saturated carbocycles. The summed E-state index contributed by atoms with van der Waals surface area (Å²) >= 11 is 0. The van der Waals surface area contributed by atoms with E-state index < -0.39 is 0 Å². The molecule has 0 aromatic rings. The van der Waals surface area contributed by atoms with Gasteiger partial charge in [0, 0.05) is 6.61 Å². The molecule has 1 unspecified atom stereocenters. The molecule has 58 heavy (non-hydrogen) atoms. The number of fused-ring (bicyclic) bond motifs is 5. The Morgan fingerprint density at radius 1 is 0.603 bits per heavy atom. The molecule has 5 rings (SSSR count). The standard InChI is InChI=1S/C48H86O10/c1-38(2)9-8-10-39(3)43-14-15-44-42-13-12-40-37-41(16-18-47(40,4)45(42)17-19-48(43,44)5)56-35-33-54-31-29-52-27-25-50-23-21-49-22-24-51-26-28-53-30-32-55-34-36-58-46-11-6-7-20-57-46/h12,38-39,41-46H,6-11,13-37H2,1-5H3/t39-,41+,42+,43-,44+,45+,46?,47+,48-/m1/s1. The molecule has 1 heterocycles. The maximum Gasteiger partial charge on any atom is 0.157 e. The summed E-state index contributed by atoms with van der Waals surface area (Å²) in [6, 6.07) is 0. The molecule has 0 bridgehead atoms. The first-order valence-electron chi connectivity index (χ1n) is 23.9. The third-order valence-electron chi connectivity index (χ3n) is 14.7. The van der Waals surface area contributed by atoms with Crippen molar-refractivity contribution in [3.05, 3.63) is 11.6 Å². The van der Waals surface area contributed by atoms with Crippen LogP contribution in [0.3, 0.4) is 0 Å². The minimum absolute atomic E-state index is 0.0605. The van der Waals surface area contributed by atoms with Crippen molar-refractivity contribution in [2.24, 2.45) is 46.3 Å². The van der Waals surface area contributed by atoms with E-state index in [1.54, 1.807) is 5.57 Å². The van der Waals surface area contributed by atoms with Crippen LogP contribution in [0, 0.1) is 46.3 Å². The van der Waals surface area contributed by atoms with Crippen molar-refractivity contribution < 1.29 is 47.4 Å². The largest absolute Gasteiger partial charge is 0.377 e. The summed E-state index contributed by atoms with van der Waals surface area (Å²) in [7, 11) is 0. The molecule has 0 N–H and O–H groups in total. The summed E-state index contributed by atoms with van der Waals surface area (Å²) in [4.78, 5) is 0. The van der Waals surface area contributed by atoms with Crippen LogP contribution in [0.1, 0.15) is 125 Å². The molecule has 10 heteroatoms. The van der Waals surface area contributed by atoms with Gasteiger partial charge in [0.15, 0.2) is 6.29 Å². The Labute approximate surface area is 353 Å². The molecular weight excluding hydrogens is 737 g/mol. The highest BCUT2D eigenvalue weighted by Crippen LogP contribution is 2.67. The van der Waals surface area contributed by atoms with Gasteiger partial charge in [-0.1, -0.05) is 65.5 Å². The van der Waals surface area contributed by atoms with Crippen LogP contribution in [0.5, 0.6) is 0 Å². The van der Waals surface area contributed by atoms with Crippen molar-refractivity contribution in [3.63, 3.8) is 0 Å². The average Bonchev–Trinajstić information content (AvgIpc) is 3.58. The predicted octanol–water partition coefficient (Wildman–Crippen LogP) is 9.07. The summed E-state index contributed by atoms with van der Waals surface area (Å²) in [6.07, 6.45) is 21.2. The van der Waals surface area contributed by atoms with Crippen LogP contribution in [-0.2, 0) is 47.4 Å². The molecular formula is C48H86O10. The third-order valence-corrected chi connectivity index (χ3v) is 14.7. The van der Waals surface area contributed by atoms with Crippen LogP contribution in [0.15, 0.2) is 11.6 Å². The second-order valence-corrected chi connectivity index (χ2v) is 19.0. The highest BCUT2D eigenvalue weighted by Gasteiger charge is 2.59. The monoisotopic (exact) mass is 823 g/mol. The van der Waals surface area contributed by atoms with Crippen LogP contribution in [-0.4, -0.2) is 125 Å². The lowest BCUT2D eigenvalue weighted by Gasteiger charge is -2.58. The number of hydrogen-bond donors (Lipinski definition) is 0. The van der Waals surface area contributed by atoms with Crippen molar-refractivity contribution in [1.82, 2.24) is 0 Å². The minimum atomic E-state index is -0.0605. The molecule has 1 aliphatic heterocycles. The maximum absolute atomic E-state index is 6.38. The summed E-state index contributed by atoms with van der Waals surface area (Å²) in [5.41, 5.74) is 2.64. The molecule has 5 aliphatic rings. The SMILES string of the molecule is CC(C)CCC[C@@H](C)[C@H]1CC[C@H]2[C@@H]3CC=C4C[C@@H](OCCOCCOCCOCCOCCOCCOCCOCCOC5CCCCO5)CC[C@]4(C)[C@H]3CC[C@]12C. The average molecular weight is 823 g/mol. The van der Waals surface area contributed by atoms with Gasteiger partial charge in [-0.05, 0) is 117 Å². The zero-order chi connectivity index (χ0) is 40.9. The van der Waals surface area contributed by atoms with Crippen LogP contribution in [0.2, 0.25) is 0 Å². The van der Waals surface area contributed by atoms with Crippen LogP contribution in [0.4, 0.5) is 0 Å². The van der Waals surface area contributed by atoms with Gasteiger partial charge in [0.05, 0.1) is 112 Å². The van der Waals surface area contributed by atoms with E-state index in [2.05, 4.69) is 40.7 Å². The number of hydrogen-bond acceptors (Lipinski definition) is 10. The number of rotatable bonds is 31. The molecule has 0 radical (unpaired) electrons. The van der Waals surface area contributed by atoms with E-state index in [9.17, 15) is 0 Å². The van der Waals surface area contributed by atoms with E-state index in [0.717, 1.165) is 61.4 Å². The molecule has 338 valence electrons. The number of ether oxygens (including phenoxy) is 10. The van der Waals surface area contributed by atoms with Crippen molar-refractivity contribution in [2.75, 3.05) is 112 Å². The fraction of sp³-hybridized carbons (Fsp3) is 0.958. The normalized spacial score (nSPS) is 31.5. The van der Waals surface area contributed by atoms with E-state index in [1.165, 1.54) is 70.6 Å². The highest BCUT2D eigenvalue weighted by molar-refractivity contribution is 5.25. The first-order valence-corrected chi connectivity index (χ1v) is 23.9. The van der Waals surface area contributed by atoms with E-state index in [1.807, 2.05) is 0 Å². The second-order valence-electron chi connectivity index (χ2n) is 19.0. The lowest BCUT2D eigenvalue weighted by atomic mass is 9.47. The fourth-order valence-corrected chi connectivity index (χ4v) is 11.6. The Kier molecular flexibility index (Phi) is 22.3. The van der Waals surface area contributed by atoms with Gasteiger partial charge in [-0.15, -0.1) is 0 Å². The Morgan fingerprint density at radius 2 is 1.17 bits per heavy atom. The molecule has 0 spiro atoms. The Bertz CT molecular complexity index is 1110. The third kappa shape index (κ3) is 15.3. The van der Waals surface area contributed by atoms with Crippen molar-refractivity contribution in [3.8, 4) is 0 Å². The second kappa shape index (κ2) is 26.7. The first-order chi connectivity index (χ1) is 28.3. The molecule has 0 aromatic carbocycles. The molecule has 0 aromatic heterocycles. The summed E-state index contributed by atoms with van der Waals surface area (Å²) in [6.45, 7) is 22.4. The zero-order valence-corrected chi connectivity index (χ0v) is 37.7. The lowest BCUT2D eigenvalue weighted by Crippen LogP contribution is -2.51. The van der Waals surface area contributed by atoms with E-state index in [4.69, 9.17) is 47.4 Å². The Morgan fingerprint density at radius 3 is 1.72 bits per heavy atom. The smallest absolute Gasteiger partial charge is 0.157 e. The molecule has 4 fully saturated rings. The minimum Gasteiger partial charge on any atom is -0.377 e. The first kappa shape index (κ1) is 48.4. The lowest BCUT2D eigenvalue weighted by molar-refractivity contribution is -0.169. The van der Waals surface area contributed by atoms with Crippen LogP contribution < -0.4 is 0 Å². The summed E-state index contributed by atoms with van der Waals surface area (Å²) < 4.78 is 56.8. The van der Waals surface area contributed by atoms with E-state index in [-0.39, 0.29) is 6.29 Å². The number of allylic oxidation sites excluding steroid dienone is 1. The summed E-state index contributed by atoms with van der Waals surface area (Å²) in [5.74, 6) is 5.31. The van der Waals surface area contributed by atoms with Gasteiger partial charge in [-0.25, -0.2) is 0 Å². The van der Waals surface area contributed by atoms with Gasteiger partial charge in [-0.2, -0.15) is 0 Å². The van der Waals surface area contributed by atoms with Crippen LogP contribution >= 0.6 is 0 Å². The highest BCUT2D eigenvalue weighted by atomic mass is 16.7.